The fourth-order valence-corrected chi connectivity index (χ4v) is 3.82. The van der Waals surface area contributed by atoms with Crippen molar-refractivity contribution >= 4 is 23.1 Å². The van der Waals surface area contributed by atoms with E-state index in [0.717, 1.165) is 11.2 Å². The largest absolute Gasteiger partial charge is 0.248 e. The smallest absolute Gasteiger partial charge is 0.0709 e. The summed E-state index contributed by atoms with van der Waals surface area (Å²) >= 11 is 0. The molecule has 3 aromatic rings. The summed E-state index contributed by atoms with van der Waals surface area (Å²) < 4.78 is 0. The number of hydrogen-bond acceptors (Lipinski definition) is 1. The van der Waals surface area contributed by atoms with Gasteiger partial charge in [-0.05, 0) is 60.6 Å². The van der Waals surface area contributed by atoms with Crippen LogP contribution in [0, 0.1) is 0 Å². The Morgan fingerprint density at radius 2 is 1.50 bits per heavy atom. The minimum atomic E-state index is 1.02. The van der Waals surface area contributed by atoms with E-state index in [9.17, 15) is 0 Å². The van der Waals surface area contributed by atoms with E-state index in [1.165, 1.54) is 67.9 Å². The van der Waals surface area contributed by atoms with Crippen molar-refractivity contribution in [3.05, 3.63) is 77.0 Å². The SMILES string of the molecule is CCCCCc1cccc(C=Cc2ccc3ccccc3n2)c1CCCCC. The Morgan fingerprint density at radius 1 is 0.714 bits per heavy atom. The van der Waals surface area contributed by atoms with Crippen LogP contribution in [0.2, 0.25) is 0 Å². The fraction of sp³-hybridized carbons (Fsp3) is 0.370. The highest BCUT2D eigenvalue weighted by molar-refractivity contribution is 5.81. The second-order valence-electron chi connectivity index (χ2n) is 7.66. The highest BCUT2D eigenvalue weighted by Crippen LogP contribution is 2.23. The maximum atomic E-state index is 4.79. The number of benzene rings is 2. The number of aryl methyl sites for hydroxylation is 1. The predicted molar refractivity (Wildman–Crippen MR) is 124 cm³/mol. The van der Waals surface area contributed by atoms with E-state index >= 15 is 0 Å². The molecule has 0 unspecified atom stereocenters. The Labute approximate surface area is 170 Å². The minimum absolute atomic E-state index is 1.02. The van der Waals surface area contributed by atoms with Crippen molar-refractivity contribution in [1.29, 1.82) is 0 Å². The van der Waals surface area contributed by atoms with Crippen LogP contribution in [0.3, 0.4) is 0 Å². The fourth-order valence-electron chi connectivity index (χ4n) is 3.82. The summed E-state index contributed by atoms with van der Waals surface area (Å²) in [4.78, 5) is 4.79. The topological polar surface area (TPSA) is 12.9 Å². The van der Waals surface area contributed by atoms with Crippen molar-refractivity contribution < 1.29 is 0 Å². The first-order valence-corrected chi connectivity index (χ1v) is 11.0. The van der Waals surface area contributed by atoms with Gasteiger partial charge in [0.25, 0.3) is 0 Å². The Kier molecular flexibility index (Phi) is 7.84. The Balaban J connectivity index is 1.85. The monoisotopic (exact) mass is 371 g/mol. The van der Waals surface area contributed by atoms with Gasteiger partial charge in [0.2, 0.25) is 0 Å². The standard InChI is InChI=1S/C27H33N/c1-3-5-7-12-22-14-11-15-23(26(22)16-8-6-4-2)18-20-25-21-19-24-13-9-10-17-27(24)28-25/h9-11,13-15,17-21H,3-8,12,16H2,1-2H3. The van der Waals surface area contributed by atoms with E-state index < -0.39 is 0 Å². The first kappa shape index (κ1) is 20.3. The van der Waals surface area contributed by atoms with Gasteiger partial charge in [-0.1, -0.05) is 88.1 Å². The quantitative estimate of drug-likeness (QED) is 0.330. The van der Waals surface area contributed by atoms with Gasteiger partial charge >= 0.3 is 0 Å². The second-order valence-corrected chi connectivity index (χ2v) is 7.66. The molecule has 28 heavy (non-hydrogen) atoms. The molecule has 0 spiro atoms. The summed E-state index contributed by atoms with van der Waals surface area (Å²) in [6, 6.07) is 19.4. The zero-order valence-corrected chi connectivity index (χ0v) is 17.5. The second kappa shape index (κ2) is 10.8. The molecule has 3 rings (SSSR count). The normalized spacial score (nSPS) is 11.5. The number of para-hydroxylation sites is 1. The molecule has 0 aliphatic carbocycles. The molecule has 0 N–H and O–H groups in total. The van der Waals surface area contributed by atoms with Crippen molar-refractivity contribution in [3.63, 3.8) is 0 Å². The van der Waals surface area contributed by atoms with Gasteiger partial charge in [-0.3, -0.25) is 0 Å². The molecule has 0 amide bonds. The van der Waals surface area contributed by atoms with Crippen LogP contribution in [0.25, 0.3) is 23.1 Å². The van der Waals surface area contributed by atoms with Crippen LogP contribution in [-0.2, 0) is 12.8 Å². The Morgan fingerprint density at radius 3 is 2.32 bits per heavy atom. The van der Waals surface area contributed by atoms with Gasteiger partial charge in [-0.25, -0.2) is 4.98 Å². The maximum absolute atomic E-state index is 4.79. The zero-order chi connectivity index (χ0) is 19.6. The van der Waals surface area contributed by atoms with Gasteiger partial charge in [0.15, 0.2) is 0 Å². The summed E-state index contributed by atoms with van der Waals surface area (Å²) in [6.07, 6.45) is 14.5. The van der Waals surface area contributed by atoms with E-state index in [4.69, 9.17) is 4.98 Å². The third kappa shape index (κ3) is 5.55. The molecule has 0 saturated heterocycles. The highest BCUT2D eigenvalue weighted by Gasteiger charge is 2.07. The molecule has 0 aliphatic rings. The summed E-state index contributed by atoms with van der Waals surface area (Å²) in [6.45, 7) is 4.55. The summed E-state index contributed by atoms with van der Waals surface area (Å²) in [5.74, 6) is 0. The van der Waals surface area contributed by atoms with Gasteiger partial charge in [0.1, 0.15) is 0 Å². The Bertz CT molecular complexity index is 907. The Hall–Kier alpha value is -2.41. The number of hydrogen-bond donors (Lipinski definition) is 0. The zero-order valence-electron chi connectivity index (χ0n) is 17.5. The third-order valence-electron chi connectivity index (χ3n) is 5.44. The number of aromatic nitrogens is 1. The van der Waals surface area contributed by atoms with E-state index in [0.29, 0.717) is 0 Å². The van der Waals surface area contributed by atoms with Gasteiger partial charge in [0.05, 0.1) is 11.2 Å². The summed E-state index contributed by atoms with van der Waals surface area (Å²) in [5.41, 5.74) is 6.53. The molecule has 0 aliphatic heterocycles. The lowest BCUT2D eigenvalue weighted by atomic mass is 9.92. The molecule has 0 atom stereocenters. The van der Waals surface area contributed by atoms with Crippen LogP contribution in [-0.4, -0.2) is 4.98 Å². The average Bonchev–Trinajstić information content (AvgIpc) is 2.73. The molecule has 0 radical (unpaired) electrons. The molecule has 1 nitrogen and oxygen atoms in total. The minimum Gasteiger partial charge on any atom is -0.248 e. The summed E-state index contributed by atoms with van der Waals surface area (Å²) in [7, 11) is 0. The number of fused-ring (bicyclic) bond motifs is 1. The van der Waals surface area contributed by atoms with Crippen LogP contribution in [0.4, 0.5) is 0 Å². The lowest BCUT2D eigenvalue weighted by Gasteiger charge is -2.13. The first-order valence-electron chi connectivity index (χ1n) is 11.0. The maximum Gasteiger partial charge on any atom is 0.0709 e. The van der Waals surface area contributed by atoms with Crippen molar-refractivity contribution in [3.8, 4) is 0 Å². The van der Waals surface area contributed by atoms with Crippen LogP contribution < -0.4 is 0 Å². The van der Waals surface area contributed by atoms with Gasteiger partial charge < -0.3 is 0 Å². The molecule has 1 aromatic heterocycles. The molecule has 1 heteroatoms. The number of unbranched alkanes of at least 4 members (excludes halogenated alkanes) is 4. The molecular formula is C27H33N. The van der Waals surface area contributed by atoms with E-state index in [1.807, 2.05) is 0 Å². The van der Waals surface area contributed by atoms with Crippen LogP contribution in [0.5, 0.6) is 0 Å². The van der Waals surface area contributed by atoms with Crippen molar-refractivity contribution in [2.24, 2.45) is 0 Å². The average molecular weight is 372 g/mol. The first-order chi connectivity index (χ1) is 13.8. The molecule has 2 aromatic carbocycles. The number of nitrogens with zero attached hydrogens (tertiary/aromatic N) is 1. The van der Waals surface area contributed by atoms with Crippen molar-refractivity contribution in [2.45, 2.75) is 65.2 Å². The molecule has 1 heterocycles. The number of rotatable bonds is 10. The molecule has 0 saturated carbocycles. The molecule has 146 valence electrons. The lowest BCUT2D eigenvalue weighted by molar-refractivity contribution is 0.693. The lowest BCUT2D eigenvalue weighted by Crippen LogP contribution is -1.98. The van der Waals surface area contributed by atoms with Gasteiger partial charge in [-0.15, -0.1) is 0 Å². The van der Waals surface area contributed by atoms with Crippen LogP contribution >= 0.6 is 0 Å². The van der Waals surface area contributed by atoms with E-state index in [1.54, 1.807) is 5.56 Å². The van der Waals surface area contributed by atoms with E-state index in [2.05, 4.69) is 80.6 Å². The van der Waals surface area contributed by atoms with Gasteiger partial charge in [0, 0.05) is 5.39 Å². The van der Waals surface area contributed by atoms with Crippen LogP contribution in [0.1, 0.15) is 74.8 Å². The van der Waals surface area contributed by atoms with Crippen molar-refractivity contribution in [2.75, 3.05) is 0 Å². The van der Waals surface area contributed by atoms with Crippen LogP contribution in [0.15, 0.2) is 54.6 Å². The highest BCUT2D eigenvalue weighted by atomic mass is 14.7. The predicted octanol–water partition coefficient (Wildman–Crippen LogP) is 7.87. The van der Waals surface area contributed by atoms with E-state index in [-0.39, 0.29) is 0 Å². The summed E-state index contributed by atoms with van der Waals surface area (Å²) in [5, 5.41) is 1.19. The third-order valence-corrected chi connectivity index (χ3v) is 5.44. The molecular weight excluding hydrogens is 338 g/mol. The number of pyridine rings is 1. The van der Waals surface area contributed by atoms with Gasteiger partial charge in [-0.2, -0.15) is 0 Å². The molecule has 0 fully saturated rings. The van der Waals surface area contributed by atoms with Crippen molar-refractivity contribution in [1.82, 2.24) is 4.98 Å². The molecule has 0 bridgehead atoms.